The number of aromatic nitrogens is 1. The summed E-state index contributed by atoms with van der Waals surface area (Å²) in [7, 11) is 3.22. The van der Waals surface area contributed by atoms with Gasteiger partial charge >= 0.3 is 5.97 Å². The Balaban J connectivity index is 1.91. The van der Waals surface area contributed by atoms with Crippen LogP contribution in [0.15, 0.2) is 42.5 Å². The fourth-order valence-electron chi connectivity index (χ4n) is 4.12. The number of thiazole rings is 1. The first-order chi connectivity index (χ1) is 14.1. The lowest BCUT2D eigenvalue weighted by atomic mass is 9.95. The maximum atomic E-state index is 12.1. The van der Waals surface area contributed by atoms with Crippen LogP contribution < -0.4 is 9.47 Å². The Labute approximate surface area is 173 Å². The van der Waals surface area contributed by atoms with E-state index >= 15 is 0 Å². The summed E-state index contributed by atoms with van der Waals surface area (Å²) in [6.07, 6.45) is 2.50. The van der Waals surface area contributed by atoms with E-state index in [4.69, 9.17) is 14.5 Å². The number of carboxylic acids is 1. The monoisotopic (exact) mass is 412 g/mol. The molecule has 1 saturated heterocycles. The van der Waals surface area contributed by atoms with Crippen molar-refractivity contribution in [3.63, 3.8) is 0 Å². The molecule has 29 heavy (non-hydrogen) atoms. The summed E-state index contributed by atoms with van der Waals surface area (Å²) in [5.41, 5.74) is 1.79. The highest BCUT2D eigenvalue weighted by atomic mass is 32.1. The third-order valence-corrected chi connectivity index (χ3v) is 6.52. The molecule has 1 aliphatic heterocycles. The van der Waals surface area contributed by atoms with Crippen LogP contribution in [0, 0.1) is 0 Å². The number of methoxy groups -OCH3 is 2. The molecule has 0 amide bonds. The fraction of sp³-hybridized carbons (Fsp3) is 0.364. The number of hydrogen-bond donors (Lipinski definition) is 1. The minimum Gasteiger partial charge on any atom is -0.493 e. The van der Waals surface area contributed by atoms with E-state index < -0.39 is 12.0 Å². The predicted molar refractivity (Wildman–Crippen MR) is 113 cm³/mol. The van der Waals surface area contributed by atoms with Crippen molar-refractivity contribution in [3.8, 4) is 11.5 Å². The highest BCUT2D eigenvalue weighted by Crippen LogP contribution is 2.44. The normalized spacial score (nSPS) is 18.5. The van der Waals surface area contributed by atoms with Gasteiger partial charge in [0.15, 0.2) is 11.5 Å². The molecule has 2 unspecified atom stereocenters. The summed E-state index contributed by atoms with van der Waals surface area (Å²) in [4.78, 5) is 19.0. The molecular weight excluding hydrogens is 388 g/mol. The number of aliphatic carboxylic acids is 1. The van der Waals surface area contributed by atoms with Crippen molar-refractivity contribution < 1.29 is 19.4 Å². The summed E-state index contributed by atoms with van der Waals surface area (Å²) in [5, 5.41) is 10.8. The molecule has 6 nitrogen and oxygen atoms in total. The van der Waals surface area contributed by atoms with Gasteiger partial charge in [-0.1, -0.05) is 30.7 Å². The van der Waals surface area contributed by atoms with Gasteiger partial charge in [-0.3, -0.25) is 9.69 Å². The second-order valence-electron chi connectivity index (χ2n) is 7.09. The molecule has 1 aliphatic rings. The number of likely N-dealkylation sites (tertiary alicyclic amines) is 1. The molecule has 0 spiro atoms. The van der Waals surface area contributed by atoms with Gasteiger partial charge in [-0.25, -0.2) is 4.98 Å². The lowest BCUT2D eigenvalue weighted by Gasteiger charge is -2.38. The molecule has 0 saturated carbocycles. The first kappa shape index (κ1) is 19.7. The Morgan fingerprint density at radius 3 is 2.72 bits per heavy atom. The summed E-state index contributed by atoms with van der Waals surface area (Å²) in [6, 6.07) is 12.8. The SMILES string of the molecule is COc1cccc(C(c2nc3ccccc3s2)N2CCCCC2C(=O)O)c1OC. The third kappa shape index (κ3) is 3.68. The van der Waals surface area contributed by atoms with E-state index in [0.717, 1.165) is 33.6 Å². The Morgan fingerprint density at radius 1 is 1.17 bits per heavy atom. The number of rotatable bonds is 6. The molecule has 3 aromatic rings. The third-order valence-electron chi connectivity index (χ3n) is 5.43. The molecule has 2 aromatic carbocycles. The van der Waals surface area contributed by atoms with Crippen molar-refractivity contribution in [2.45, 2.75) is 31.3 Å². The molecule has 1 N–H and O–H groups in total. The molecule has 0 aliphatic carbocycles. The van der Waals surface area contributed by atoms with Crippen molar-refractivity contribution in [3.05, 3.63) is 53.0 Å². The van der Waals surface area contributed by atoms with Crippen LogP contribution in [0.25, 0.3) is 10.2 Å². The van der Waals surface area contributed by atoms with Gasteiger partial charge < -0.3 is 14.6 Å². The Kier molecular flexibility index (Phi) is 5.69. The van der Waals surface area contributed by atoms with Crippen LogP contribution >= 0.6 is 11.3 Å². The molecule has 0 bridgehead atoms. The Hall–Kier alpha value is -2.64. The van der Waals surface area contributed by atoms with Gasteiger partial charge in [0.25, 0.3) is 0 Å². The molecule has 1 fully saturated rings. The number of nitrogens with zero attached hydrogens (tertiary/aromatic N) is 2. The number of hydrogen-bond acceptors (Lipinski definition) is 6. The lowest BCUT2D eigenvalue weighted by Crippen LogP contribution is -2.46. The van der Waals surface area contributed by atoms with Gasteiger partial charge in [0.1, 0.15) is 11.0 Å². The fourth-order valence-corrected chi connectivity index (χ4v) is 5.22. The first-order valence-electron chi connectivity index (χ1n) is 9.69. The summed E-state index contributed by atoms with van der Waals surface area (Å²) < 4.78 is 12.3. The van der Waals surface area contributed by atoms with Crippen molar-refractivity contribution >= 4 is 27.5 Å². The van der Waals surface area contributed by atoms with Crippen LogP contribution in [0.5, 0.6) is 11.5 Å². The van der Waals surface area contributed by atoms with Gasteiger partial charge in [0, 0.05) is 12.1 Å². The lowest BCUT2D eigenvalue weighted by molar-refractivity contribution is -0.145. The van der Waals surface area contributed by atoms with Crippen molar-refractivity contribution in [1.82, 2.24) is 9.88 Å². The van der Waals surface area contributed by atoms with Crippen LogP contribution in [-0.2, 0) is 4.79 Å². The average Bonchev–Trinajstić information content (AvgIpc) is 3.17. The number of ether oxygens (including phenoxy) is 2. The summed E-state index contributed by atoms with van der Waals surface area (Å²) >= 11 is 1.60. The second-order valence-corrected chi connectivity index (χ2v) is 8.15. The molecule has 2 heterocycles. The van der Waals surface area contributed by atoms with Crippen LogP contribution in [0.4, 0.5) is 0 Å². The number of piperidine rings is 1. The first-order valence-corrected chi connectivity index (χ1v) is 10.5. The van der Waals surface area contributed by atoms with E-state index in [2.05, 4.69) is 4.90 Å². The van der Waals surface area contributed by atoms with E-state index in [1.165, 1.54) is 0 Å². The number of carboxylic acid groups (broad SMARTS) is 1. The van der Waals surface area contributed by atoms with Gasteiger partial charge in [0.05, 0.1) is 30.5 Å². The van der Waals surface area contributed by atoms with E-state index in [9.17, 15) is 9.90 Å². The molecule has 2 atom stereocenters. The number of carbonyl (C=O) groups is 1. The van der Waals surface area contributed by atoms with E-state index in [1.807, 2.05) is 42.5 Å². The summed E-state index contributed by atoms with van der Waals surface area (Å²) in [6.45, 7) is 0.692. The zero-order chi connectivity index (χ0) is 20.4. The minimum atomic E-state index is -0.794. The molecule has 0 radical (unpaired) electrons. The van der Waals surface area contributed by atoms with Crippen LogP contribution in [0.1, 0.15) is 35.9 Å². The van der Waals surface area contributed by atoms with Gasteiger partial charge in [-0.2, -0.15) is 0 Å². The van der Waals surface area contributed by atoms with Crippen molar-refractivity contribution in [1.29, 1.82) is 0 Å². The molecule has 7 heteroatoms. The Bertz CT molecular complexity index is 986. The highest BCUT2D eigenvalue weighted by Gasteiger charge is 2.38. The van der Waals surface area contributed by atoms with Crippen LogP contribution in [0.2, 0.25) is 0 Å². The molecule has 152 valence electrons. The van der Waals surface area contributed by atoms with Gasteiger partial charge in [0.2, 0.25) is 0 Å². The maximum absolute atomic E-state index is 12.1. The summed E-state index contributed by atoms with van der Waals surface area (Å²) in [5.74, 6) is 0.451. The largest absolute Gasteiger partial charge is 0.493 e. The molecular formula is C22H24N2O4S. The van der Waals surface area contributed by atoms with Crippen LogP contribution in [0.3, 0.4) is 0 Å². The number of para-hydroxylation sites is 2. The van der Waals surface area contributed by atoms with E-state index in [1.54, 1.807) is 25.6 Å². The topological polar surface area (TPSA) is 71.9 Å². The van der Waals surface area contributed by atoms with Gasteiger partial charge in [-0.15, -0.1) is 11.3 Å². The second kappa shape index (κ2) is 8.39. The van der Waals surface area contributed by atoms with Gasteiger partial charge in [-0.05, 0) is 31.0 Å². The Morgan fingerprint density at radius 2 is 2.00 bits per heavy atom. The van der Waals surface area contributed by atoms with E-state index in [-0.39, 0.29) is 6.04 Å². The zero-order valence-electron chi connectivity index (χ0n) is 16.5. The van der Waals surface area contributed by atoms with Crippen molar-refractivity contribution in [2.75, 3.05) is 20.8 Å². The number of fused-ring (bicyclic) bond motifs is 1. The molecule has 4 rings (SSSR count). The molecule has 1 aromatic heterocycles. The highest BCUT2D eigenvalue weighted by molar-refractivity contribution is 7.18. The maximum Gasteiger partial charge on any atom is 0.320 e. The smallest absolute Gasteiger partial charge is 0.320 e. The van der Waals surface area contributed by atoms with Crippen LogP contribution in [-0.4, -0.2) is 47.8 Å². The quantitative estimate of drug-likeness (QED) is 0.649. The number of benzene rings is 2. The van der Waals surface area contributed by atoms with Crippen molar-refractivity contribution in [2.24, 2.45) is 0 Å². The standard InChI is InChI=1S/C22H24N2O4S/c1-27-17-11-7-8-14(20(17)28-2)19(24-13-6-5-10-16(24)22(25)26)21-23-15-9-3-4-12-18(15)29-21/h3-4,7-9,11-12,16,19H,5-6,10,13H2,1-2H3,(H,25,26). The van der Waals surface area contributed by atoms with E-state index in [0.29, 0.717) is 24.5 Å². The predicted octanol–water partition coefficient (Wildman–Crippen LogP) is 4.34. The zero-order valence-corrected chi connectivity index (χ0v) is 17.3. The minimum absolute atomic E-state index is 0.321. The average molecular weight is 413 g/mol.